The van der Waals surface area contributed by atoms with E-state index in [1.807, 2.05) is 33.9 Å². The fourth-order valence-corrected chi connectivity index (χ4v) is 3.62. The summed E-state index contributed by atoms with van der Waals surface area (Å²) in [5, 5.41) is 17.6. The van der Waals surface area contributed by atoms with Crippen molar-refractivity contribution in [3.63, 3.8) is 0 Å². The Morgan fingerprint density at radius 1 is 1.37 bits per heavy atom. The first-order valence-corrected chi connectivity index (χ1v) is 9.64. The molecule has 0 bridgehead atoms. The van der Waals surface area contributed by atoms with Gasteiger partial charge >= 0.3 is 0 Å². The van der Waals surface area contributed by atoms with Gasteiger partial charge in [-0.25, -0.2) is 0 Å². The number of nitrogens with zero attached hydrogens (tertiary/aromatic N) is 3. The van der Waals surface area contributed by atoms with Gasteiger partial charge in [0.2, 0.25) is 11.8 Å². The van der Waals surface area contributed by atoms with Crippen LogP contribution in [0.2, 0.25) is 0 Å². The normalized spacial score (nSPS) is 21.5. The summed E-state index contributed by atoms with van der Waals surface area (Å²) < 4.78 is 8.00. The van der Waals surface area contributed by atoms with Crippen LogP contribution in [-0.4, -0.2) is 56.8 Å². The van der Waals surface area contributed by atoms with Gasteiger partial charge in [-0.05, 0) is 6.92 Å². The number of ether oxygens (including phenoxy) is 1. The molecule has 1 fully saturated rings. The third-order valence-corrected chi connectivity index (χ3v) is 5.40. The number of carbonyl (C=O) groups is 2. The number of hydrogen-bond donors (Lipinski definition) is 2. The topological polar surface area (TPSA) is 96.7 Å². The van der Waals surface area contributed by atoms with Gasteiger partial charge in [-0.15, -0.1) is 0 Å². The van der Waals surface area contributed by atoms with Gasteiger partial charge in [0.1, 0.15) is 17.4 Å². The molecular formula is C19H30N4O4. The van der Waals surface area contributed by atoms with E-state index in [-0.39, 0.29) is 18.4 Å². The van der Waals surface area contributed by atoms with Gasteiger partial charge in [0.25, 0.3) is 0 Å². The maximum absolute atomic E-state index is 12.4. The molecule has 1 aromatic rings. The van der Waals surface area contributed by atoms with Crippen molar-refractivity contribution >= 4 is 11.8 Å². The second-order valence-electron chi connectivity index (χ2n) is 8.55. The first kappa shape index (κ1) is 19.7. The molecular weight excluding hydrogens is 348 g/mol. The molecule has 1 unspecified atom stereocenters. The summed E-state index contributed by atoms with van der Waals surface area (Å²) in [7, 11) is 0. The Kier molecular flexibility index (Phi) is 5.20. The molecule has 3 rings (SSSR count). The summed E-state index contributed by atoms with van der Waals surface area (Å²) in [5.74, 6) is 0.426. The van der Waals surface area contributed by atoms with Crippen LogP contribution in [0.25, 0.3) is 0 Å². The molecule has 150 valence electrons. The van der Waals surface area contributed by atoms with Gasteiger partial charge in [0.15, 0.2) is 5.75 Å². The largest absolute Gasteiger partial charge is 0.483 e. The minimum absolute atomic E-state index is 0.0139. The number of aryl methyl sites for hydroxylation is 1. The van der Waals surface area contributed by atoms with Crippen LogP contribution in [0, 0.1) is 5.41 Å². The molecule has 3 heterocycles. The number of aliphatic hydroxyl groups is 1. The van der Waals surface area contributed by atoms with Gasteiger partial charge in [0, 0.05) is 44.3 Å². The van der Waals surface area contributed by atoms with E-state index in [1.54, 1.807) is 9.58 Å². The van der Waals surface area contributed by atoms with Crippen LogP contribution in [0.15, 0.2) is 6.20 Å². The van der Waals surface area contributed by atoms with Crippen LogP contribution in [0.3, 0.4) is 0 Å². The highest BCUT2D eigenvalue weighted by Crippen LogP contribution is 2.43. The molecule has 0 radical (unpaired) electrons. The van der Waals surface area contributed by atoms with E-state index in [0.717, 1.165) is 6.54 Å². The zero-order valence-corrected chi connectivity index (χ0v) is 16.6. The maximum atomic E-state index is 12.4. The SMILES string of the molecule is CCn1cc2c(n1)C(O)CC1(CCN(C(=O)CNC(=O)C(C)(C)C)CC1)O2. The molecule has 1 atom stereocenters. The van der Waals surface area contributed by atoms with Crippen molar-refractivity contribution in [2.24, 2.45) is 5.41 Å². The number of piperidine rings is 1. The van der Waals surface area contributed by atoms with Gasteiger partial charge in [-0.1, -0.05) is 20.8 Å². The fourth-order valence-electron chi connectivity index (χ4n) is 3.62. The van der Waals surface area contributed by atoms with Crippen molar-refractivity contribution in [1.82, 2.24) is 20.0 Å². The fraction of sp³-hybridized carbons (Fsp3) is 0.737. The molecule has 1 saturated heterocycles. The van der Waals surface area contributed by atoms with Crippen LogP contribution in [-0.2, 0) is 16.1 Å². The Balaban J connectivity index is 1.57. The van der Waals surface area contributed by atoms with Crippen molar-refractivity contribution in [2.75, 3.05) is 19.6 Å². The van der Waals surface area contributed by atoms with E-state index in [1.165, 1.54) is 0 Å². The minimum atomic E-state index is -0.644. The predicted octanol–water partition coefficient (Wildman–Crippen LogP) is 1.24. The lowest BCUT2D eigenvalue weighted by molar-refractivity contribution is -0.138. The van der Waals surface area contributed by atoms with Crippen LogP contribution >= 0.6 is 0 Å². The highest BCUT2D eigenvalue weighted by Gasteiger charge is 2.44. The van der Waals surface area contributed by atoms with Crippen molar-refractivity contribution in [3.8, 4) is 5.75 Å². The molecule has 0 aliphatic carbocycles. The number of aromatic nitrogens is 2. The highest BCUT2D eigenvalue weighted by atomic mass is 16.5. The maximum Gasteiger partial charge on any atom is 0.241 e. The monoisotopic (exact) mass is 378 g/mol. The lowest BCUT2D eigenvalue weighted by atomic mass is 9.83. The average molecular weight is 378 g/mol. The number of likely N-dealkylation sites (tertiary alicyclic amines) is 1. The van der Waals surface area contributed by atoms with Crippen molar-refractivity contribution in [3.05, 3.63) is 11.9 Å². The molecule has 2 N–H and O–H groups in total. The molecule has 2 amide bonds. The number of rotatable bonds is 3. The Morgan fingerprint density at radius 2 is 2.04 bits per heavy atom. The molecule has 0 aromatic carbocycles. The van der Waals surface area contributed by atoms with Crippen molar-refractivity contribution < 1.29 is 19.4 Å². The second-order valence-corrected chi connectivity index (χ2v) is 8.55. The van der Waals surface area contributed by atoms with Crippen LogP contribution in [0.4, 0.5) is 0 Å². The van der Waals surface area contributed by atoms with Gasteiger partial charge in [-0.3, -0.25) is 14.3 Å². The lowest BCUT2D eigenvalue weighted by Crippen LogP contribution is -2.53. The average Bonchev–Trinajstić information content (AvgIpc) is 3.02. The molecule has 27 heavy (non-hydrogen) atoms. The van der Waals surface area contributed by atoms with Crippen LogP contribution < -0.4 is 10.1 Å². The van der Waals surface area contributed by atoms with E-state index in [2.05, 4.69) is 10.4 Å². The number of amides is 2. The van der Waals surface area contributed by atoms with E-state index in [0.29, 0.717) is 43.8 Å². The number of carbonyl (C=O) groups excluding carboxylic acids is 2. The molecule has 2 aliphatic heterocycles. The Labute approximate surface area is 159 Å². The summed E-state index contributed by atoms with van der Waals surface area (Å²) >= 11 is 0. The molecule has 1 aromatic heterocycles. The number of hydrogen-bond acceptors (Lipinski definition) is 5. The van der Waals surface area contributed by atoms with Crippen LogP contribution in [0.5, 0.6) is 5.75 Å². The summed E-state index contributed by atoms with van der Waals surface area (Å²) in [5.41, 5.74) is -0.371. The van der Waals surface area contributed by atoms with Crippen molar-refractivity contribution in [1.29, 1.82) is 0 Å². The number of nitrogens with one attached hydrogen (secondary N) is 1. The van der Waals surface area contributed by atoms with E-state index >= 15 is 0 Å². The summed E-state index contributed by atoms with van der Waals surface area (Å²) in [6, 6.07) is 0. The van der Waals surface area contributed by atoms with E-state index in [9.17, 15) is 14.7 Å². The van der Waals surface area contributed by atoms with Crippen molar-refractivity contribution in [2.45, 2.75) is 65.2 Å². The molecule has 8 heteroatoms. The quantitative estimate of drug-likeness (QED) is 0.825. The zero-order chi connectivity index (χ0) is 19.8. The molecule has 2 aliphatic rings. The van der Waals surface area contributed by atoms with Crippen LogP contribution in [0.1, 0.15) is 58.8 Å². The summed E-state index contributed by atoms with van der Waals surface area (Å²) in [6.07, 6.45) is 2.98. The smallest absolute Gasteiger partial charge is 0.241 e. The van der Waals surface area contributed by atoms with Gasteiger partial charge in [-0.2, -0.15) is 5.10 Å². The molecule has 1 spiro atoms. The predicted molar refractivity (Wildman–Crippen MR) is 99.1 cm³/mol. The number of fused-ring (bicyclic) bond motifs is 1. The third kappa shape index (κ3) is 4.10. The Morgan fingerprint density at radius 3 is 2.63 bits per heavy atom. The summed E-state index contributed by atoms with van der Waals surface area (Å²) in [4.78, 5) is 26.1. The van der Waals surface area contributed by atoms with E-state index in [4.69, 9.17) is 4.74 Å². The lowest BCUT2D eigenvalue weighted by Gasteiger charge is -2.44. The highest BCUT2D eigenvalue weighted by molar-refractivity contribution is 5.87. The first-order chi connectivity index (χ1) is 12.6. The van der Waals surface area contributed by atoms with E-state index < -0.39 is 17.1 Å². The second kappa shape index (κ2) is 7.14. The number of aliphatic hydroxyl groups excluding tert-OH is 1. The Hall–Kier alpha value is -2.09. The minimum Gasteiger partial charge on any atom is -0.483 e. The molecule has 0 saturated carbocycles. The first-order valence-electron chi connectivity index (χ1n) is 9.64. The Bertz CT molecular complexity index is 714. The standard InChI is InChI=1S/C19H30N4O4/c1-5-23-12-14-16(21-23)13(24)10-19(27-14)6-8-22(9-7-19)15(25)11-20-17(26)18(2,3)4/h12-13,24H,5-11H2,1-4H3,(H,20,26). The molecule has 8 nitrogen and oxygen atoms in total. The van der Waals surface area contributed by atoms with Gasteiger partial charge < -0.3 is 20.1 Å². The zero-order valence-electron chi connectivity index (χ0n) is 16.6. The third-order valence-electron chi connectivity index (χ3n) is 5.40. The summed E-state index contributed by atoms with van der Waals surface area (Å²) in [6.45, 7) is 9.28. The van der Waals surface area contributed by atoms with Gasteiger partial charge in [0.05, 0.1) is 12.7 Å².